The molecule has 116 valence electrons. The number of hydrogen-bond acceptors (Lipinski definition) is 3. The van der Waals surface area contributed by atoms with E-state index >= 15 is 0 Å². The summed E-state index contributed by atoms with van der Waals surface area (Å²) in [5.74, 6) is 0.0405. The highest BCUT2D eigenvalue weighted by molar-refractivity contribution is 5.73. The summed E-state index contributed by atoms with van der Waals surface area (Å²) in [5.41, 5.74) is -0.152. The van der Waals surface area contributed by atoms with E-state index in [1.807, 2.05) is 20.8 Å². The number of hydrogen-bond donors (Lipinski definition) is 1. The highest BCUT2D eigenvalue weighted by Crippen LogP contribution is 2.37. The molecule has 0 aromatic rings. The molecular weight excluding hydrogens is 254 g/mol. The van der Waals surface area contributed by atoms with Crippen LogP contribution in [-0.4, -0.2) is 46.8 Å². The summed E-state index contributed by atoms with van der Waals surface area (Å²) in [7, 11) is 0. The van der Waals surface area contributed by atoms with Gasteiger partial charge in [0.25, 0.3) is 0 Å². The number of likely N-dealkylation sites (tertiary alicyclic amines) is 1. The van der Waals surface area contributed by atoms with E-state index in [0.717, 1.165) is 25.8 Å². The minimum absolute atomic E-state index is 0.152. The van der Waals surface area contributed by atoms with E-state index in [0.29, 0.717) is 18.6 Å². The molecule has 0 bridgehead atoms. The zero-order chi connectivity index (χ0) is 14.8. The quantitative estimate of drug-likeness (QED) is 0.862. The Hall–Kier alpha value is -0.610. The number of ether oxygens (including phenoxy) is 1. The van der Waals surface area contributed by atoms with Gasteiger partial charge in [-0.15, -0.1) is 0 Å². The van der Waals surface area contributed by atoms with Crippen molar-refractivity contribution in [3.8, 4) is 0 Å². The molecule has 1 heterocycles. The molecule has 1 saturated carbocycles. The molecule has 4 heteroatoms. The third-order valence-corrected chi connectivity index (χ3v) is 4.68. The average molecular weight is 283 g/mol. The first-order chi connectivity index (χ1) is 9.38. The number of fused-ring (bicyclic) bond motifs is 1. The van der Waals surface area contributed by atoms with Crippen LogP contribution in [0.5, 0.6) is 0 Å². The first-order valence-corrected chi connectivity index (χ1v) is 8.01. The summed E-state index contributed by atoms with van der Waals surface area (Å²) in [6, 6.07) is 0.153. The molecule has 0 aromatic carbocycles. The van der Waals surface area contributed by atoms with E-state index < -0.39 is 5.97 Å². The van der Waals surface area contributed by atoms with Crippen LogP contribution in [0.25, 0.3) is 0 Å². The lowest BCUT2D eigenvalue weighted by Crippen LogP contribution is -2.56. The van der Waals surface area contributed by atoms with Crippen LogP contribution >= 0.6 is 0 Å². The maximum Gasteiger partial charge on any atom is 0.320 e. The van der Waals surface area contributed by atoms with Crippen molar-refractivity contribution >= 4 is 5.97 Å². The Morgan fingerprint density at radius 2 is 1.90 bits per heavy atom. The van der Waals surface area contributed by atoms with Crippen molar-refractivity contribution in [2.75, 3.05) is 13.2 Å². The number of aliphatic carboxylic acids is 1. The third kappa shape index (κ3) is 3.95. The van der Waals surface area contributed by atoms with Gasteiger partial charge in [0.1, 0.15) is 6.04 Å². The Morgan fingerprint density at radius 1 is 1.20 bits per heavy atom. The van der Waals surface area contributed by atoms with Crippen LogP contribution < -0.4 is 0 Å². The zero-order valence-electron chi connectivity index (χ0n) is 13.1. The van der Waals surface area contributed by atoms with E-state index in [9.17, 15) is 9.90 Å². The highest BCUT2D eigenvalue weighted by Gasteiger charge is 2.41. The Balaban J connectivity index is 1.99. The van der Waals surface area contributed by atoms with Crippen molar-refractivity contribution in [1.29, 1.82) is 0 Å². The van der Waals surface area contributed by atoms with Gasteiger partial charge in [0, 0.05) is 12.6 Å². The fraction of sp³-hybridized carbons (Fsp3) is 0.938. The van der Waals surface area contributed by atoms with Crippen LogP contribution in [0, 0.1) is 5.92 Å². The Bertz CT molecular complexity index is 337. The van der Waals surface area contributed by atoms with Crippen molar-refractivity contribution in [2.24, 2.45) is 5.92 Å². The smallest absolute Gasteiger partial charge is 0.320 e. The van der Waals surface area contributed by atoms with Crippen LogP contribution in [0.3, 0.4) is 0 Å². The molecule has 1 N–H and O–H groups in total. The largest absolute Gasteiger partial charge is 0.480 e. The molecule has 0 radical (unpaired) electrons. The fourth-order valence-corrected chi connectivity index (χ4v) is 3.77. The van der Waals surface area contributed by atoms with E-state index in [4.69, 9.17) is 4.74 Å². The number of carbonyl (C=O) groups is 1. The van der Waals surface area contributed by atoms with E-state index in [1.165, 1.54) is 19.3 Å². The molecule has 4 nitrogen and oxygen atoms in total. The number of nitrogens with zero attached hydrogens (tertiary/aromatic N) is 1. The second kappa shape index (κ2) is 6.44. The summed E-state index contributed by atoms with van der Waals surface area (Å²) in [4.78, 5) is 13.7. The normalized spacial score (nSPS) is 31.9. The van der Waals surface area contributed by atoms with Gasteiger partial charge >= 0.3 is 5.97 Å². The summed E-state index contributed by atoms with van der Waals surface area (Å²) >= 11 is 0. The SMILES string of the molecule is CC(C)(C)OCCN1C(C(=O)O)CCC2CCCCC21. The van der Waals surface area contributed by atoms with Gasteiger partial charge in [-0.25, -0.2) is 0 Å². The van der Waals surface area contributed by atoms with Gasteiger partial charge in [-0.3, -0.25) is 9.69 Å². The molecule has 2 fully saturated rings. The van der Waals surface area contributed by atoms with Gasteiger partial charge in [-0.2, -0.15) is 0 Å². The summed E-state index contributed by atoms with van der Waals surface area (Å²) in [6.07, 6.45) is 6.86. The van der Waals surface area contributed by atoms with Crippen molar-refractivity contribution in [3.05, 3.63) is 0 Å². The number of carboxylic acids is 1. The van der Waals surface area contributed by atoms with Gasteiger partial charge < -0.3 is 9.84 Å². The molecule has 2 aliphatic rings. The van der Waals surface area contributed by atoms with Crippen molar-refractivity contribution < 1.29 is 14.6 Å². The predicted octanol–water partition coefficient (Wildman–Crippen LogP) is 2.91. The van der Waals surface area contributed by atoms with Gasteiger partial charge in [0.2, 0.25) is 0 Å². The van der Waals surface area contributed by atoms with Gasteiger partial charge in [0.15, 0.2) is 0 Å². The maximum absolute atomic E-state index is 11.5. The van der Waals surface area contributed by atoms with Gasteiger partial charge in [-0.05, 0) is 52.4 Å². The highest BCUT2D eigenvalue weighted by atomic mass is 16.5. The maximum atomic E-state index is 11.5. The van der Waals surface area contributed by atoms with Crippen molar-refractivity contribution in [3.63, 3.8) is 0 Å². The summed E-state index contributed by atoms with van der Waals surface area (Å²) < 4.78 is 5.81. The predicted molar refractivity (Wildman–Crippen MR) is 78.8 cm³/mol. The number of rotatable bonds is 4. The standard InChI is InChI=1S/C16H29NO3/c1-16(2,3)20-11-10-17-13-7-5-4-6-12(13)8-9-14(17)15(18)19/h12-14H,4-11H2,1-3H3,(H,18,19). The molecule has 2 rings (SSSR count). The fourth-order valence-electron chi connectivity index (χ4n) is 3.77. The lowest BCUT2D eigenvalue weighted by atomic mass is 9.76. The molecule has 3 unspecified atom stereocenters. The third-order valence-electron chi connectivity index (χ3n) is 4.68. The minimum Gasteiger partial charge on any atom is -0.480 e. The van der Waals surface area contributed by atoms with E-state index in [2.05, 4.69) is 4.90 Å². The minimum atomic E-state index is -0.662. The lowest BCUT2D eigenvalue weighted by Gasteiger charge is -2.47. The summed E-state index contributed by atoms with van der Waals surface area (Å²) in [6.45, 7) is 7.50. The van der Waals surface area contributed by atoms with Crippen LogP contribution in [-0.2, 0) is 9.53 Å². The molecular formula is C16H29NO3. The lowest BCUT2D eigenvalue weighted by molar-refractivity contribution is -0.149. The van der Waals surface area contributed by atoms with Crippen LogP contribution in [0.1, 0.15) is 59.3 Å². The van der Waals surface area contributed by atoms with Crippen LogP contribution in [0.4, 0.5) is 0 Å². The molecule has 3 atom stereocenters. The average Bonchev–Trinajstić information content (AvgIpc) is 2.37. The first-order valence-electron chi connectivity index (χ1n) is 8.01. The van der Waals surface area contributed by atoms with Crippen LogP contribution in [0.2, 0.25) is 0 Å². The number of piperidine rings is 1. The van der Waals surface area contributed by atoms with E-state index in [-0.39, 0.29) is 11.6 Å². The summed E-state index contributed by atoms with van der Waals surface area (Å²) in [5, 5.41) is 9.48. The molecule has 1 aliphatic heterocycles. The zero-order valence-corrected chi connectivity index (χ0v) is 13.1. The second-order valence-electron chi connectivity index (χ2n) is 7.24. The molecule has 0 spiro atoms. The van der Waals surface area contributed by atoms with Crippen LogP contribution in [0.15, 0.2) is 0 Å². The van der Waals surface area contributed by atoms with E-state index in [1.54, 1.807) is 0 Å². The van der Waals surface area contributed by atoms with Gasteiger partial charge in [0.05, 0.1) is 12.2 Å². The van der Waals surface area contributed by atoms with Crippen molar-refractivity contribution in [2.45, 2.75) is 77.0 Å². The number of carboxylic acid groups (broad SMARTS) is 1. The second-order valence-corrected chi connectivity index (χ2v) is 7.24. The van der Waals surface area contributed by atoms with Crippen molar-refractivity contribution in [1.82, 2.24) is 4.90 Å². The Kier molecular flexibility index (Phi) is 5.08. The Labute approximate surface area is 122 Å². The first kappa shape index (κ1) is 15.8. The molecule has 0 amide bonds. The molecule has 1 saturated heterocycles. The Morgan fingerprint density at radius 3 is 2.55 bits per heavy atom. The monoisotopic (exact) mass is 283 g/mol. The van der Waals surface area contributed by atoms with Gasteiger partial charge in [-0.1, -0.05) is 12.8 Å². The molecule has 1 aliphatic carbocycles. The topological polar surface area (TPSA) is 49.8 Å². The molecule has 20 heavy (non-hydrogen) atoms. The molecule has 0 aromatic heterocycles.